The van der Waals surface area contributed by atoms with Crippen LogP contribution in [0.4, 0.5) is 4.39 Å². The molecule has 0 bridgehead atoms. The maximum absolute atomic E-state index is 14.1. The van der Waals surface area contributed by atoms with Crippen LogP contribution < -0.4 is 10.1 Å². The second-order valence-electron chi connectivity index (χ2n) is 4.67. The van der Waals surface area contributed by atoms with Crippen molar-refractivity contribution in [2.45, 2.75) is 19.9 Å². The van der Waals surface area contributed by atoms with E-state index in [9.17, 15) is 4.39 Å². The molecule has 1 atom stereocenters. The molecule has 2 rings (SSSR count). The van der Waals surface area contributed by atoms with Gasteiger partial charge in [-0.2, -0.15) is 5.26 Å². The minimum atomic E-state index is -0.297. The summed E-state index contributed by atoms with van der Waals surface area (Å²) in [4.78, 5) is 0. The summed E-state index contributed by atoms with van der Waals surface area (Å²) >= 11 is 0. The largest absolute Gasteiger partial charge is 0.457 e. The maximum Gasteiger partial charge on any atom is 0.135 e. The quantitative estimate of drug-likeness (QED) is 0.896. The van der Waals surface area contributed by atoms with Crippen LogP contribution in [0, 0.1) is 17.1 Å². The van der Waals surface area contributed by atoms with Crippen LogP contribution in [-0.2, 0) is 0 Å². The molecule has 3 nitrogen and oxygen atoms in total. The van der Waals surface area contributed by atoms with Gasteiger partial charge in [-0.15, -0.1) is 0 Å². The van der Waals surface area contributed by atoms with Crippen LogP contribution in [0.25, 0.3) is 0 Å². The zero-order valence-electron chi connectivity index (χ0n) is 12.1. The van der Waals surface area contributed by atoms with Gasteiger partial charge < -0.3 is 10.1 Å². The number of halogens is 1. The van der Waals surface area contributed by atoms with Gasteiger partial charge >= 0.3 is 0 Å². The summed E-state index contributed by atoms with van der Waals surface area (Å²) in [6, 6.07) is 13.4. The van der Waals surface area contributed by atoms with Crippen LogP contribution in [0.1, 0.15) is 31.0 Å². The second-order valence-corrected chi connectivity index (χ2v) is 4.67. The van der Waals surface area contributed by atoms with E-state index in [0.717, 1.165) is 6.54 Å². The molecule has 0 aliphatic rings. The molecule has 2 aromatic rings. The normalized spacial score (nSPS) is 11.7. The molecule has 108 valence electrons. The van der Waals surface area contributed by atoms with E-state index in [1.165, 1.54) is 6.07 Å². The summed E-state index contributed by atoms with van der Waals surface area (Å²) < 4.78 is 19.9. The van der Waals surface area contributed by atoms with Gasteiger partial charge in [-0.05, 0) is 49.9 Å². The maximum atomic E-state index is 14.1. The van der Waals surface area contributed by atoms with Crippen molar-refractivity contribution in [1.82, 2.24) is 5.32 Å². The summed E-state index contributed by atoms with van der Waals surface area (Å²) in [5.41, 5.74) is 1.06. The molecule has 0 heterocycles. The van der Waals surface area contributed by atoms with Crippen LogP contribution in [-0.4, -0.2) is 6.54 Å². The molecule has 0 saturated heterocycles. The Morgan fingerprint density at radius 3 is 2.57 bits per heavy atom. The highest BCUT2D eigenvalue weighted by Gasteiger charge is 2.16. The van der Waals surface area contributed by atoms with E-state index >= 15 is 0 Å². The molecule has 2 aromatic carbocycles. The van der Waals surface area contributed by atoms with Gasteiger partial charge in [-0.25, -0.2) is 4.39 Å². The Balaban J connectivity index is 2.30. The zero-order valence-corrected chi connectivity index (χ0v) is 12.1. The number of nitrogens with one attached hydrogen (secondary N) is 1. The van der Waals surface area contributed by atoms with Crippen molar-refractivity contribution in [2.24, 2.45) is 0 Å². The number of ether oxygens (including phenoxy) is 1. The van der Waals surface area contributed by atoms with Crippen LogP contribution in [0.5, 0.6) is 11.5 Å². The van der Waals surface area contributed by atoms with Crippen LogP contribution in [0.3, 0.4) is 0 Å². The lowest BCUT2D eigenvalue weighted by molar-refractivity contribution is 0.448. The smallest absolute Gasteiger partial charge is 0.135 e. The second kappa shape index (κ2) is 6.87. The minimum Gasteiger partial charge on any atom is -0.457 e. The fourth-order valence-electron chi connectivity index (χ4n) is 2.16. The third kappa shape index (κ3) is 3.59. The minimum absolute atomic E-state index is 0.149. The van der Waals surface area contributed by atoms with Gasteiger partial charge in [0, 0.05) is 11.6 Å². The number of nitriles is 1. The molecule has 0 saturated carbocycles. The number of benzene rings is 2. The molecule has 4 heteroatoms. The van der Waals surface area contributed by atoms with Crippen molar-refractivity contribution in [1.29, 1.82) is 5.26 Å². The first-order valence-corrected chi connectivity index (χ1v) is 6.85. The highest BCUT2D eigenvalue weighted by molar-refractivity contribution is 5.42. The van der Waals surface area contributed by atoms with Gasteiger partial charge in [-0.3, -0.25) is 0 Å². The van der Waals surface area contributed by atoms with Gasteiger partial charge in [0.1, 0.15) is 17.3 Å². The van der Waals surface area contributed by atoms with Crippen LogP contribution in [0.15, 0.2) is 42.5 Å². The molecule has 0 aromatic heterocycles. The van der Waals surface area contributed by atoms with Gasteiger partial charge in [0.05, 0.1) is 11.6 Å². The summed E-state index contributed by atoms with van der Waals surface area (Å²) in [6.45, 7) is 4.61. The first kappa shape index (κ1) is 15.0. The van der Waals surface area contributed by atoms with Crippen molar-refractivity contribution in [3.63, 3.8) is 0 Å². The molecular weight excluding hydrogens is 267 g/mol. The number of nitrogens with zero attached hydrogens (tertiary/aromatic N) is 1. The van der Waals surface area contributed by atoms with E-state index < -0.39 is 0 Å². The Morgan fingerprint density at radius 1 is 1.24 bits per heavy atom. The third-order valence-electron chi connectivity index (χ3n) is 3.17. The first-order chi connectivity index (χ1) is 10.2. The fourth-order valence-corrected chi connectivity index (χ4v) is 2.16. The highest BCUT2D eigenvalue weighted by Crippen LogP contribution is 2.31. The van der Waals surface area contributed by atoms with Gasteiger partial charge in [0.15, 0.2) is 0 Å². The standard InChI is InChI=1S/C17H17FN2O/c1-3-20-12(2)17-15(18)5-4-6-16(17)21-14-9-7-13(11-19)8-10-14/h4-10,12,20H,3H2,1-2H3. The molecule has 0 fully saturated rings. The number of rotatable bonds is 5. The number of hydrogen-bond donors (Lipinski definition) is 1. The van der Waals surface area contributed by atoms with Crippen molar-refractivity contribution < 1.29 is 9.13 Å². The Kier molecular flexibility index (Phi) is 4.91. The fraction of sp³-hybridized carbons (Fsp3) is 0.235. The topological polar surface area (TPSA) is 45.0 Å². The van der Waals surface area contributed by atoms with E-state index in [-0.39, 0.29) is 11.9 Å². The van der Waals surface area contributed by atoms with Crippen molar-refractivity contribution in [2.75, 3.05) is 6.54 Å². The summed E-state index contributed by atoms with van der Waals surface area (Å²) in [5, 5.41) is 12.0. The molecule has 0 spiro atoms. The van der Waals surface area contributed by atoms with Gasteiger partial charge in [0.25, 0.3) is 0 Å². The Morgan fingerprint density at radius 2 is 1.95 bits per heavy atom. The van der Waals surface area contributed by atoms with Crippen molar-refractivity contribution in [3.05, 3.63) is 59.4 Å². The average molecular weight is 284 g/mol. The van der Waals surface area contributed by atoms with E-state index in [4.69, 9.17) is 10.00 Å². The Hall–Kier alpha value is -2.38. The van der Waals surface area contributed by atoms with Crippen LogP contribution >= 0.6 is 0 Å². The lowest BCUT2D eigenvalue weighted by atomic mass is 10.1. The number of hydrogen-bond acceptors (Lipinski definition) is 3. The Labute approximate surface area is 124 Å². The first-order valence-electron chi connectivity index (χ1n) is 6.85. The van der Waals surface area contributed by atoms with E-state index in [1.807, 2.05) is 19.9 Å². The van der Waals surface area contributed by atoms with Gasteiger partial charge in [-0.1, -0.05) is 13.0 Å². The predicted molar refractivity (Wildman–Crippen MR) is 79.7 cm³/mol. The zero-order chi connectivity index (χ0) is 15.2. The lowest BCUT2D eigenvalue weighted by Gasteiger charge is -2.18. The molecule has 0 aliphatic heterocycles. The third-order valence-corrected chi connectivity index (χ3v) is 3.17. The summed E-state index contributed by atoms with van der Waals surface area (Å²) in [7, 11) is 0. The van der Waals surface area contributed by atoms with E-state index in [2.05, 4.69) is 5.32 Å². The van der Waals surface area contributed by atoms with E-state index in [0.29, 0.717) is 22.6 Å². The molecule has 0 radical (unpaired) electrons. The van der Waals surface area contributed by atoms with Crippen molar-refractivity contribution in [3.8, 4) is 17.6 Å². The molecule has 0 amide bonds. The molecule has 1 unspecified atom stereocenters. The average Bonchev–Trinajstić information content (AvgIpc) is 2.48. The monoisotopic (exact) mass is 284 g/mol. The van der Waals surface area contributed by atoms with Crippen LogP contribution in [0.2, 0.25) is 0 Å². The summed E-state index contributed by atoms with van der Waals surface area (Å²) in [6.07, 6.45) is 0. The van der Waals surface area contributed by atoms with Crippen molar-refractivity contribution >= 4 is 0 Å². The Bertz CT molecular complexity index is 647. The molecule has 0 aliphatic carbocycles. The molecule has 1 N–H and O–H groups in total. The lowest BCUT2D eigenvalue weighted by Crippen LogP contribution is -2.19. The van der Waals surface area contributed by atoms with Gasteiger partial charge in [0.2, 0.25) is 0 Å². The van der Waals surface area contributed by atoms with E-state index in [1.54, 1.807) is 36.4 Å². The summed E-state index contributed by atoms with van der Waals surface area (Å²) in [5.74, 6) is 0.757. The molecular formula is C17H17FN2O. The SMILES string of the molecule is CCNC(C)c1c(F)cccc1Oc1ccc(C#N)cc1. The predicted octanol–water partition coefficient (Wildman–Crippen LogP) is 4.16. The molecule has 21 heavy (non-hydrogen) atoms. The highest BCUT2D eigenvalue weighted by atomic mass is 19.1.